The van der Waals surface area contributed by atoms with Crippen LogP contribution in [-0.2, 0) is 57.6 Å². The molecular formula is C47H60N5O10+. The Morgan fingerprint density at radius 3 is 1.98 bits per heavy atom. The largest absolute Gasteiger partial charge is 0.426 e. The first-order valence-corrected chi connectivity index (χ1v) is 21.2. The summed E-state index contributed by atoms with van der Waals surface area (Å²) in [4.78, 5) is 92.6. The number of aldehydes is 1. The van der Waals surface area contributed by atoms with E-state index in [0.29, 0.717) is 52.0 Å². The van der Waals surface area contributed by atoms with E-state index in [-0.39, 0.29) is 59.4 Å². The van der Waals surface area contributed by atoms with Crippen molar-refractivity contribution >= 4 is 41.7 Å². The molecule has 2 heterocycles. The highest BCUT2D eigenvalue weighted by Gasteiger charge is 2.50. The predicted octanol–water partition coefficient (Wildman–Crippen LogP) is 3.01. The van der Waals surface area contributed by atoms with Crippen molar-refractivity contribution < 1.29 is 52.3 Å². The number of benzene rings is 3. The molecule has 0 aromatic heterocycles. The average Bonchev–Trinajstić information content (AvgIpc) is 4.00. The molecule has 62 heavy (non-hydrogen) atoms. The SMILES string of the molecule is CC(=O)Oc1ccc(C[N+]2(CC(=O)N[C@@H](CCc3ccccc3)C(=O)N[C@@H](C)C(=O)N[C@@H](Cc3ccccc3)C(=O)N[C@@H](CC(C)C)C(=O)[C@@]3(C)CO3)CCOCC2)cc1C=O. The van der Waals surface area contributed by atoms with Crippen molar-refractivity contribution in [2.75, 3.05) is 39.5 Å². The number of nitrogens with zero attached hydrogens (tertiary/aromatic N) is 1. The minimum atomic E-state index is -1.11. The summed E-state index contributed by atoms with van der Waals surface area (Å²) in [5.74, 6) is -2.68. The average molecular weight is 855 g/mol. The quantitative estimate of drug-likeness (QED) is 0.0383. The zero-order valence-corrected chi connectivity index (χ0v) is 36.3. The van der Waals surface area contributed by atoms with Crippen LogP contribution < -0.4 is 26.0 Å². The van der Waals surface area contributed by atoms with Crippen molar-refractivity contribution in [1.82, 2.24) is 21.3 Å². The summed E-state index contributed by atoms with van der Waals surface area (Å²) in [6.45, 7) is 10.8. The zero-order chi connectivity index (χ0) is 44.9. The lowest BCUT2D eigenvalue weighted by molar-refractivity contribution is -0.940. The molecule has 3 aromatic rings. The number of amides is 4. The van der Waals surface area contributed by atoms with Crippen LogP contribution >= 0.6 is 0 Å². The fourth-order valence-corrected chi connectivity index (χ4v) is 7.62. The lowest BCUT2D eigenvalue weighted by Gasteiger charge is -2.41. The molecule has 3 aromatic carbocycles. The van der Waals surface area contributed by atoms with Gasteiger partial charge in [-0.25, -0.2) is 0 Å². The van der Waals surface area contributed by atoms with E-state index in [2.05, 4.69) is 21.3 Å². The second kappa shape index (κ2) is 21.8. The minimum Gasteiger partial charge on any atom is -0.426 e. The van der Waals surface area contributed by atoms with E-state index in [4.69, 9.17) is 14.2 Å². The number of rotatable bonds is 22. The van der Waals surface area contributed by atoms with Crippen LogP contribution in [0.3, 0.4) is 0 Å². The van der Waals surface area contributed by atoms with Crippen LogP contribution in [0.15, 0.2) is 78.9 Å². The first-order valence-electron chi connectivity index (χ1n) is 21.2. The Labute approximate surface area is 363 Å². The van der Waals surface area contributed by atoms with Crippen LogP contribution in [0.5, 0.6) is 5.75 Å². The number of aryl methyl sites for hydroxylation is 1. The van der Waals surface area contributed by atoms with Gasteiger partial charge in [0, 0.05) is 18.9 Å². The van der Waals surface area contributed by atoms with Gasteiger partial charge in [-0.2, -0.15) is 0 Å². The molecule has 15 heteroatoms. The van der Waals surface area contributed by atoms with Crippen LogP contribution in [0.25, 0.3) is 0 Å². The summed E-state index contributed by atoms with van der Waals surface area (Å²) in [6, 6.07) is 19.6. The van der Waals surface area contributed by atoms with Crippen LogP contribution in [0.4, 0.5) is 0 Å². The number of carbonyl (C=O) groups excluding carboxylic acids is 7. The molecule has 0 radical (unpaired) electrons. The summed E-state index contributed by atoms with van der Waals surface area (Å²) >= 11 is 0. The molecule has 5 atom stereocenters. The van der Waals surface area contributed by atoms with Crippen LogP contribution in [0.1, 0.15) is 74.5 Å². The van der Waals surface area contributed by atoms with Gasteiger partial charge in [0.1, 0.15) is 49.1 Å². The highest BCUT2D eigenvalue weighted by molar-refractivity contribution is 5.98. The summed E-state index contributed by atoms with van der Waals surface area (Å²) < 4.78 is 16.5. The van der Waals surface area contributed by atoms with Gasteiger partial charge in [0.15, 0.2) is 18.6 Å². The Balaban J connectivity index is 1.30. The van der Waals surface area contributed by atoms with E-state index < -0.39 is 53.5 Å². The van der Waals surface area contributed by atoms with Crippen molar-refractivity contribution in [2.24, 2.45) is 5.92 Å². The maximum atomic E-state index is 14.1. The lowest BCUT2D eigenvalue weighted by Crippen LogP contribution is -2.61. The maximum Gasteiger partial charge on any atom is 0.308 e. The van der Waals surface area contributed by atoms with Crippen LogP contribution in [0, 0.1) is 5.92 Å². The molecule has 0 aliphatic carbocycles. The molecule has 0 bridgehead atoms. The number of hydrogen-bond acceptors (Lipinski definition) is 10. The number of nitrogens with one attached hydrogen (secondary N) is 4. The number of morpholine rings is 1. The molecule has 4 N–H and O–H groups in total. The Bertz CT molecular complexity index is 2050. The molecule has 0 saturated carbocycles. The summed E-state index contributed by atoms with van der Waals surface area (Å²) in [6.07, 6.45) is 1.81. The molecule has 2 aliphatic heterocycles. The van der Waals surface area contributed by atoms with E-state index in [0.717, 1.165) is 16.7 Å². The predicted molar refractivity (Wildman–Crippen MR) is 230 cm³/mol. The van der Waals surface area contributed by atoms with Gasteiger partial charge in [-0.05, 0) is 68.4 Å². The van der Waals surface area contributed by atoms with Crippen LogP contribution in [-0.4, -0.2) is 115 Å². The number of ether oxygens (including phenoxy) is 3. The monoisotopic (exact) mass is 854 g/mol. The third-order valence-electron chi connectivity index (χ3n) is 11.2. The zero-order valence-electron chi connectivity index (χ0n) is 36.3. The Morgan fingerprint density at radius 2 is 1.39 bits per heavy atom. The number of epoxide rings is 1. The van der Waals surface area contributed by atoms with Gasteiger partial charge in [0.05, 0.1) is 31.4 Å². The second-order valence-corrected chi connectivity index (χ2v) is 17.0. The summed E-state index contributed by atoms with van der Waals surface area (Å²) in [5.41, 5.74) is 1.74. The Kier molecular flexibility index (Phi) is 16.7. The van der Waals surface area contributed by atoms with Crippen molar-refractivity contribution in [2.45, 2.75) is 96.6 Å². The molecule has 0 spiro atoms. The van der Waals surface area contributed by atoms with Crippen molar-refractivity contribution in [3.8, 4) is 5.75 Å². The highest BCUT2D eigenvalue weighted by atomic mass is 16.6. The molecule has 2 aliphatic rings. The third kappa shape index (κ3) is 13.9. The van der Waals surface area contributed by atoms with Gasteiger partial charge in [0.25, 0.3) is 5.91 Å². The summed E-state index contributed by atoms with van der Waals surface area (Å²) in [7, 11) is 0. The molecule has 5 rings (SSSR count). The van der Waals surface area contributed by atoms with Gasteiger partial charge < -0.3 is 40.0 Å². The topological polar surface area (TPSA) is 199 Å². The maximum absolute atomic E-state index is 14.1. The molecule has 332 valence electrons. The standard InChI is InChI=1S/C47H59N5O10/c1-31(2)24-39(43(56)47(5)30-61-47)50-46(59)40(26-35-14-10-7-11-15-35)51-44(57)32(3)48-45(58)38(18-16-34-12-8-6-9-13-34)49-42(55)28-52(20-22-60-23-21-52)27-36-17-19-41(62-33(4)54)37(25-36)29-53/h6-15,17,19,25,29,31-32,38-40H,16,18,20-24,26-28,30H2,1-5H3,(H3-,48,49,50,51,55,57,58,59)/p+1/t32-,38-,39-,40-,47+/m0/s1. The van der Waals surface area contributed by atoms with Gasteiger partial charge in [-0.15, -0.1) is 0 Å². The number of ketones is 1. The molecule has 2 saturated heterocycles. The highest BCUT2D eigenvalue weighted by Crippen LogP contribution is 2.30. The third-order valence-corrected chi connectivity index (χ3v) is 11.2. The van der Waals surface area contributed by atoms with E-state index in [1.165, 1.54) is 13.8 Å². The molecule has 15 nitrogen and oxygen atoms in total. The fourth-order valence-electron chi connectivity index (χ4n) is 7.62. The van der Waals surface area contributed by atoms with Gasteiger partial charge in [-0.3, -0.25) is 33.6 Å². The molecular weight excluding hydrogens is 795 g/mol. The van der Waals surface area contributed by atoms with Crippen molar-refractivity contribution in [3.05, 3.63) is 101 Å². The van der Waals surface area contributed by atoms with Gasteiger partial charge >= 0.3 is 5.97 Å². The minimum absolute atomic E-state index is 0.00149. The Morgan fingerprint density at radius 1 is 0.774 bits per heavy atom. The van der Waals surface area contributed by atoms with Gasteiger partial charge in [-0.1, -0.05) is 74.5 Å². The van der Waals surface area contributed by atoms with Crippen LogP contribution in [0.2, 0.25) is 0 Å². The molecule has 0 unspecified atom stereocenters. The van der Waals surface area contributed by atoms with E-state index in [1.807, 2.05) is 74.5 Å². The smallest absolute Gasteiger partial charge is 0.308 e. The lowest BCUT2D eigenvalue weighted by atomic mass is 9.93. The van der Waals surface area contributed by atoms with E-state index in [9.17, 15) is 33.6 Å². The summed E-state index contributed by atoms with van der Waals surface area (Å²) in [5, 5.41) is 11.4. The van der Waals surface area contributed by atoms with Gasteiger partial charge in [0.2, 0.25) is 17.7 Å². The first-order chi connectivity index (χ1) is 29.6. The fraction of sp³-hybridized carbons (Fsp3) is 0.468. The number of carbonyl (C=O) groups is 7. The van der Waals surface area contributed by atoms with Crippen molar-refractivity contribution in [3.63, 3.8) is 0 Å². The Hall–Kier alpha value is -5.77. The number of hydrogen-bond donors (Lipinski definition) is 4. The second-order valence-electron chi connectivity index (χ2n) is 17.0. The van der Waals surface area contributed by atoms with Crippen molar-refractivity contribution in [1.29, 1.82) is 0 Å². The number of quaternary nitrogens is 1. The number of esters is 1. The van der Waals surface area contributed by atoms with E-state index in [1.54, 1.807) is 25.1 Å². The normalized spacial score (nSPS) is 18.5. The molecule has 2 fully saturated rings. The molecule has 4 amide bonds. The van der Waals surface area contributed by atoms with E-state index >= 15 is 0 Å². The number of Topliss-reactive ketones (excluding diaryl/α,β-unsaturated/α-hetero) is 1. The first kappa shape index (κ1) is 47.3.